The maximum Gasteiger partial charge on any atom is 0.303 e. The molecular weight excluding hydrogens is 480 g/mol. The molecule has 35 heavy (non-hydrogen) atoms. The van der Waals surface area contributed by atoms with E-state index in [1.54, 1.807) is 10.6 Å². The fourth-order valence-electron chi connectivity index (χ4n) is 4.43. The van der Waals surface area contributed by atoms with Crippen LogP contribution in [0.5, 0.6) is 0 Å². The summed E-state index contributed by atoms with van der Waals surface area (Å²) in [5.41, 5.74) is 1.91. The molecule has 1 aromatic rings. The first kappa shape index (κ1) is 26.3. The number of fused-ring (bicyclic) bond motifs is 1. The van der Waals surface area contributed by atoms with Gasteiger partial charge in [-0.1, -0.05) is 12.2 Å². The molecular formula is C23H26N2O9S. The second kappa shape index (κ2) is 11.0. The van der Waals surface area contributed by atoms with Gasteiger partial charge in [0.15, 0.2) is 24.5 Å². The summed E-state index contributed by atoms with van der Waals surface area (Å²) in [6.07, 6.45) is -3.99. The highest BCUT2D eigenvalue weighted by atomic mass is 32.1. The zero-order chi connectivity index (χ0) is 25.9. The maximum atomic E-state index is 12.1. The molecule has 1 aliphatic carbocycles. The number of aromatic nitrogens is 1. The second-order valence-corrected chi connectivity index (χ2v) is 8.65. The molecule has 5 unspecified atom stereocenters. The van der Waals surface area contributed by atoms with Gasteiger partial charge in [-0.3, -0.25) is 19.2 Å². The molecule has 0 amide bonds. The number of hydrogen-bond donors (Lipinski definition) is 0. The van der Waals surface area contributed by atoms with Gasteiger partial charge in [0.2, 0.25) is 0 Å². The van der Waals surface area contributed by atoms with E-state index < -0.39 is 54.5 Å². The van der Waals surface area contributed by atoms with Crippen LogP contribution in [0.4, 0.5) is 0 Å². The van der Waals surface area contributed by atoms with E-state index in [0.717, 1.165) is 31.5 Å². The van der Waals surface area contributed by atoms with Gasteiger partial charge in [-0.05, 0) is 30.9 Å². The topological polar surface area (TPSA) is 143 Å². The lowest BCUT2D eigenvalue weighted by Crippen LogP contribution is -2.60. The molecule has 0 spiro atoms. The van der Waals surface area contributed by atoms with E-state index in [-0.39, 0.29) is 16.8 Å². The van der Waals surface area contributed by atoms with Gasteiger partial charge in [0.25, 0.3) is 0 Å². The van der Waals surface area contributed by atoms with Crippen LogP contribution in [0.15, 0.2) is 6.07 Å². The van der Waals surface area contributed by atoms with Crippen molar-refractivity contribution in [1.29, 1.82) is 5.26 Å². The summed E-state index contributed by atoms with van der Waals surface area (Å²) < 4.78 is 29.5. The molecule has 1 aliphatic heterocycles. The Labute approximate surface area is 206 Å². The molecule has 0 N–H and O–H groups in total. The Balaban J connectivity index is 2.21. The van der Waals surface area contributed by atoms with Gasteiger partial charge in [-0.2, -0.15) is 5.26 Å². The van der Waals surface area contributed by atoms with Crippen molar-refractivity contribution in [3.05, 3.63) is 27.5 Å². The molecule has 1 aromatic heterocycles. The molecule has 2 aliphatic rings. The molecule has 0 bridgehead atoms. The van der Waals surface area contributed by atoms with Gasteiger partial charge in [-0.25, -0.2) is 0 Å². The van der Waals surface area contributed by atoms with Crippen molar-refractivity contribution in [3.63, 3.8) is 0 Å². The first-order valence-corrected chi connectivity index (χ1v) is 11.4. The predicted octanol–water partition coefficient (Wildman–Crippen LogP) is 1.83. The molecule has 11 nitrogen and oxygen atoms in total. The van der Waals surface area contributed by atoms with E-state index in [1.165, 1.54) is 13.8 Å². The molecule has 0 aromatic carbocycles. The lowest BCUT2D eigenvalue weighted by molar-refractivity contribution is -0.269. The van der Waals surface area contributed by atoms with Crippen LogP contribution in [0.1, 0.15) is 57.2 Å². The Hall–Kier alpha value is -3.30. The van der Waals surface area contributed by atoms with E-state index in [0.29, 0.717) is 12.8 Å². The molecule has 1 fully saturated rings. The first-order chi connectivity index (χ1) is 16.5. The molecule has 0 saturated carbocycles. The van der Waals surface area contributed by atoms with Gasteiger partial charge in [0.1, 0.15) is 23.4 Å². The SMILES string of the molecule is CC(=O)OCC1OC(n2c3c(cc(C#N)c2=S)CCC3)C(OC(C)=O)C(OC(C)=O)C1OC(C)=O. The number of carbonyl (C=O) groups excluding carboxylic acids is 4. The van der Waals surface area contributed by atoms with Gasteiger partial charge in [-0.15, -0.1) is 0 Å². The minimum Gasteiger partial charge on any atom is -0.463 e. The highest BCUT2D eigenvalue weighted by Crippen LogP contribution is 2.38. The number of nitriles is 1. The number of pyridine rings is 1. The summed E-state index contributed by atoms with van der Waals surface area (Å²) in [5, 5.41) is 9.65. The average molecular weight is 507 g/mol. The lowest BCUT2D eigenvalue weighted by Gasteiger charge is -2.45. The van der Waals surface area contributed by atoms with Crippen LogP contribution < -0.4 is 0 Å². The van der Waals surface area contributed by atoms with Crippen molar-refractivity contribution in [3.8, 4) is 6.07 Å². The standard InChI is InChI=1S/C23H26N2O9S/c1-11(26)30-10-18-19(31-12(2)27)20(32-13(3)28)21(33-14(4)29)22(34-18)25-17-7-5-6-15(17)8-16(9-24)23(25)35/h8,18-22H,5-7,10H2,1-4H3. The Morgan fingerprint density at radius 2 is 1.60 bits per heavy atom. The van der Waals surface area contributed by atoms with Gasteiger partial charge < -0.3 is 28.3 Å². The van der Waals surface area contributed by atoms with E-state index in [4.69, 9.17) is 35.9 Å². The van der Waals surface area contributed by atoms with Crippen LogP contribution in [-0.4, -0.2) is 59.5 Å². The minimum absolute atomic E-state index is 0.147. The number of ether oxygens (including phenoxy) is 5. The van der Waals surface area contributed by atoms with Crippen molar-refractivity contribution in [2.75, 3.05) is 6.61 Å². The van der Waals surface area contributed by atoms with Crippen LogP contribution in [0.2, 0.25) is 0 Å². The summed E-state index contributed by atoms with van der Waals surface area (Å²) in [7, 11) is 0. The van der Waals surface area contributed by atoms with Crippen LogP contribution in [0.25, 0.3) is 0 Å². The van der Waals surface area contributed by atoms with Crippen molar-refractivity contribution in [1.82, 2.24) is 4.57 Å². The zero-order valence-electron chi connectivity index (χ0n) is 19.8. The van der Waals surface area contributed by atoms with E-state index >= 15 is 0 Å². The Kier molecular flexibility index (Phi) is 8.24. The van der Waals surface area contributed by atoms with Gasteiger partial charge in [0.05, 0.1) is 5.56 Å². The maximum absolute atomic E-state index is 12.1. The minimum atomic E-state index is -1.32. The lowest BCUT2D eigenvalue weighted by atomic mass is 9.96. The summed E-state index contributed by atoms with van der Waals surface area (Å²) in [6.45, 7) is 4.33. The number of aryl methyl sites for hydroxylation is 1. The number of nitrogens with zero attached hydrogens (tertiary/aromatic N) is 2. The van der Waals surface area contributed by atoms with Crippen molar-refractivity contribution in [2.24, 2.45) is 0 Å². The Morgan fingerprint density at radius 3 is 2.17 bits per heavy atom. The zero-order valence-corrected chi connectivity index (χ0v) is 20.6. The quantitative estimate of drug-likeness (QED) is 0.317. The fourth-order valence-corrected chi connectivity index (χ4v) is 4.75. The molecule has 2 heterocycles. The fraction of sp³-hybridized carbons (Fsp3) is 0.565. The van der Waals surface area contributed by atoms with Crippen molar-refractivity contribution in [2.45, 2.75) is 77.6 Å². The summed E-state index contributed by atoms with van der Waals surface area (Å²) >= 11 is 5.59. The Morgan fingerprint density at radius 1 is 1.00 bits per heavy atom. The smallest absolute Gasteiger partial charge is 0.303 e. The summed E-state index contributed by atoms with van der Waals surface area (Å²) in [6, 6.07) is 3.81. The van der Waals surface area contributed by atoms with Crippen molar-refractivity contribution < 1.29 is 42.9 Å². The number of carbonyl (C=O) groups is 4. The number of hydrogen-bond acceptors (Lipinski definition) is 11. The highest BCUT2D eigenvalue weighted by Gasteiger charge is 2.53. The van der Waals surface area contributed by atoms with E-state index in [1.807, 2.05) is 0 Å². The van der Waals surface area contributed by atoms with Crippen LogP contribution >= 0.6 is 12.2 Å². The molecule has 188 valence electrons. The largest absolute Gasteiger partial charge is 0.463 e. The van der Waals surface area contributed by atoms with E-state index in [2.05, 4.69) is 6.07 Å². The number of esters is 4. The normalized spacial score (nSPS) is 25.1. The molecule has 5 atom stereocenters. The third kappa shape index (κ3) is 5.86. The average Bonchev–Trinajstić information content (AvgIpc) is 3.22. The number of rotatable bonds is 6. The summed E-state index contributed by atoms with van der Waals surface area (Å²) in [5.74, 6) is -2.76. The van der Waals surface area contributed by atoms with Crippen LogP contribution in [0.3, 0.4) is 0 Å². The van der Waals surface area contributed by atoms with Crippen LogP contribution in [0, 0.1) is 16.0 Å². The molecule has 0 radical (unpaired) electrons. The Bertz CT molecular complexity index is 1140. The highest BCUT2D eigenvalue weighted by molar-refractivity contribution is 7.71. The predicted molar refractivity (Wildman–Crippen MR) is 119 cm³/mol. The van der Waals surface area contributed by atoms with Crippen molar-refractivity contribution >= 4 is 36.1 Å². The van der Waals surface area contributed by atoms with Gasteiger partial charge >= 0.3 is 23.9 Å². The molecule has 1 saturated heterocycles. The monoisotopic (exact) mass is 506 g/mol. The first-order valence-electron chi connectivity index (χ1n) is 11.0. The molecule has 12 heteroatoms. The third-order valence-corrected chi connectivity index (χ3v) is 6.05. The second-order valence-electron chi connectivity index (χ2n) is 8.26. The van der Waals surface area contributed by atoms with Gasteiger partial charge in [0, 0.05) is 33.4 Å². The summed E-state index contributed by atoms with van der Waals surface area (Å²) in [4.78, 5) is 47.6. The van der Waals surface area contributed by atoms with E-state index in [9.17, 15) is 24.4 Å². The third-order valence-electron chi connectivity index (χ3n) is 5.63. The molecule has 3 rings (SSSR count). The van der Waals surface area contributed by atoms with Crippen LogP contribution in [-0.2, 0) is 55.7 Å².